The zero-order chi connectivity index (χ0) is 12.6. The minimum atomic E-state index is -0.701. The first kappa shape index (κ1) is 11.7. The van der Waals surface area contributed by atoms with Gasteiger partial charge in [0, 0.05) is 24.0 Å². The molecule has 0 spiro atoms. The number of esters is 1. The van der Waals surface area contributed by atoms with Crippen LogP contribution >= 0.6 is 11.5 Å². The summed E-state index contributed by atoms with van der Waals surface area (Å²) in [4.78, 5) is 28.4. The smallest absolute Gasteiger partial charge is 0.304 e. The minimum absolute atomic E-state index is 0.203. The van der Waals surface area contributed by atoms with Crippen molar-refractivity contribution in [2.24, 2.45) is 0 Å². The molecular formula is C10H11N3O3S. The number of carbonyl (C=O) groups is 2. The monoisotopic (exact) mass is 253 g/mol. The van der Waals surface area contributed by atoms with Gasteiger partial charge < -0.3 is 4.74 Å². The molecule has 2 heterocycles. The number of hydrogen-bond acceptors (Lipinski definition) is 6. The van der Waals surface area contributed by atoms with Crippen molar-refractivity contribution in [2.75, 3.05) is 4.90 Å². The summed E-state index contributed by atoms with van der Waals surface area (Å²) in [6.07, 6.45) is 0.661. The lowest BCUT2D eigenvalue weighted by Gasteiger charge is -2.22. The Morgan fingerprint density at radius 1 is 1.53 bits per heavy atom. The Hall–Kier alpha value is -1.76. The second kappa shape index (κ2) is 4.25. The van der Waals surface area contributed by atoms with E-state index in [1.54, 1.807) is 13.8 Å². The van der Waals surface area contributed by atoms with Crippen molar-refractivity contribution >= 4 is 28.5 Å². The fraction of sp³-hybridized carbons (Fsp3) is 0.400. The third kappa shape index (κ3) is 1.93. The van der Waals surface area contributed by atoms with Gasteiger partial charge in [-0.15, -0.1) is 0 Å². The molecule has 0 bridgehead atoms. The Morgan fingerprint density at radius 3 is 2.76 bits per heavy atom. The van der Waals surface area contributed by atoms with Gasteiger partial charge in [0.2, 0.25) is 11.4 Å². The number of anilines is 1. The zero-order valence-corrected chi connectivity index (χ0v) is 10.4. The van der Waals surface area contributed by atoms with Crippen LogP contribution in [0.2, 0.25) is 0 Å². The Morgan fingerprint density at radius 2 is 2.24 bits per heavy atom. The number of rotatable bonds is 2. The quantitative estimate of drug-likeness (QED) is 0.738. The second-order valence-electron chi connectivity index (χ2n) is 3.67. The van der Waals surface area contributed by atoms with Crippen molar-refractivity contribution in [3.63, 3.8) is 0 Å². The molecule has 0 N–H and O–H groups in total. The van der Waals surface area contributed by atoms with E-state index in [9.17, 15) is 9.59 Å². The maximum Gasteiger partial charge on any atom is 0.304 e. The van der Waals surface area contributed by atoms with E-state index in [4.69, 9.17) is 4.74 Å². The van der Waals surface area contributed by atoms with Crippen molar-refractivity contribution < 1.29 is 14.3 Å². The standard InChI is InChI=1S/C10H11N3O3S/c1-5-6(2)9(16-7(3)14)13(8(5)15)10-11-4-12-17-10/h4,9H,1-3H3. The highest BCUT2D eigenvalue weighted by Gasteiger charge is 2.39. The molecule has 1 amide bonds. The van der Waals surface area contributed by atoms with Gasteiger partial charge in [0.1, 0.15) is 6.33 Å². The van der Waals surface area contributed by atoms with Gasteiger partial charge in [-0.25, -0.2) is 9.88 Å². The fourth-order valence-electron chi connectivity index (χ4n) is 1.59. The average Bonchev–Trinajstić information content (AvgIpc) is 2.84. The van der Waals surface area contributed by atoms with Crippen LogP contribution in [-0.2, 0) is 14.3 Å². The van der Waals surface area contributed by atoms with Crippen LogP contribution in [-0.4, -0.2) is 27.5 Å². The molecule has 1 aliphatic rings. The highest BCUT2D eigenvalue weighted by atomic mass is 32.1. The summed E-state index contributed by atoms with van der Waals surface area (Å²) in [5.41, 5.74) is 1.30. The third-order valence-electron chi connectivity index (χ3n) is 2.57. The lowest BCUT2D eigenvalue weighted by atomic mass is 10.2. The Balaban J connectivity index is 2.38. The third-order valence-corrected chi connectivity index (χ3v) is 3.23. The molecule has 7 heteroatoms. The van der Waals surface area contributed by atoms with E-state index >= 15 is 0 Å². The van der Waals surface area contributed by atoms with Crippen LogP contribution in [0, 0.1) is 0 Å². The summed E-state index contributed by atoms with van der Waals surface area (Å²) >= 11 is 1.08. The molecule has 0 fully saturated rings. The fourth-order valence-corrected chi connectivity index (χ4v) is 2.14. The summed E-state index contributed by atoms with van der Waals surface area (Å²) in [7, 11) is 0. The summed E-state index contributed by atoms with van der Waals surface area (Å²) < 4.78 is 8.99. The number of aromatic nitrogens is 2. The van der Waals surface area contributed by atoms with Crippen LogP contribution in [0.3, 0.4) is 0 Å². The molecule has 1 aliphatic heterocycles. The van der Waals surface area contributed by atoms with Gasteiger partial charge in [0.25, 0.3) is 5.91 Å². The topological polar surface area (TPSA) is 72.4 Å². The van der Waals surface area contributed by atoms with E-state index < -0.39 is 12.2 Å². The Labute approximate surface area is 102 Å². The van der Waals surface area contributed by atoms with Crippen LogP contribution in [0.5, 0.6) is 0 Å². The number of nitrogens with zero attached hydrogens (tertiary/aromatic N) is 3. The molecule has 90 valence electrons. The Kier molecular flexibility index (Phi) is 2.93. The van der Waals surface area contributed by atoms with Gasteiger partial charge in [0.05, 0.1) is 0 Å². The first-order chi connectivity index (χ1) is 8.02. The SMILES string of the molecule is CC(=O)OC1C(C)=C(C)C(=O)N1c1ncns1. The highest BCUT2D eigenvalue weighted by molar-refractivity contribution is 7.09. The molecule has 6 nitrogen and oxygen atoms in total. The number of hydrogen-bond donors (Lipinski definition) is 0. The maximum absolute atomic E-state index is 12.0. The number of amides is 1. The molecule has 2 rings (SSSR count). The average molecular weight is 253 g/mol. The first-order valence-electron chi connectivity index (χ1n) is 4.97. The Bertz CT molecular complexity index is 495. The van der Waals surface area contributed by atoms with Gasteiger partial charge in [-0.1, -0.05) is 0 Å². The molecule has 0 aliphatic carbocycles. The molecule has 1 aromatic rings. The van der Waals surface area contributed by atoms with E-state index in [0.717, 1.165) is 17.1 Å². The van der Waals surface area contributed by atoms with E-state index in [0.29, 0.717) is 10.7 Å². The number of ether oxygens (including phenoxy) is 1. The zero-order valence-electron chi connectivity index (χ0n) is 9.63. The van der Waals surface area contributed by atoms with Gasteiger partial charge in [-0.05, 0) is 19.4 Å². The van der Waals surface area contributed by atoms with Gasteiger partial charge in [0.15, 0.2) is 0 Å². The molecular weight excluding hydrogens is 242 g/mol. The second-order valence-corrected chi connectivity index (χ2v) is 4.43. The van der Waals surface area contributed by atoms with Crippen LogP contribution in [0.1, 0.15) is 20.8 Å². The lowest BCUT2D eigenvalue weighted by Crippen LogP contribution is -2.38. The van der Waals surface area contributed by atoms with Crippen LogP contribution in [0.4, 0.5) is 5.13 Å². The minimum Gasteiger partial charge on any atom is -0.437 e. The molecule has 1 aromatic heterocycles. The van der Waals surface area contributed by atoms with Crippen LogP contribution in [0.15, 0.2) is 17.5 Å². The predicted molar refractivity (Wildman–Crippen MR) is 61.3 cm³/mol. The number of carbonyl (C=O) groups excluding carboxylic acids is 2. The van der Waals surface area contributed by atoms with Gasteiger partial charge in [-0.2, -0.15) is 4.37 Å². The molecule has 17 heavy (non-hydrogen) atoms. The van der Waals surface area contributed by atoms with Crippen molar-refractivity contribution in [2.45, 2.75) is 27.0 Å². The van der Waals surface area contributed by atoms with Crippen LogP contribution in [0.25, 0.3) is 0 Å². The molecule has 0 saturated heterocycles. The molecule has 1 atom stereocenters. The van der Waals surface area contributed by atoms with E-state index in [1.165, 1.54) is 18.2 Å². The molecule has 0 aromatic carbocycles. The molecule has 0 radical (unpaired) electrons. The van der Waals surface area contributed by atoms with Crippen molar-refractivity contribution in [3.05, 3.63) is 17.5 Å². The highest BCUT2D eigenvalue weighted by Crippen LogP contribution is 2.31. The van der Waals surface area contributed by atoms with E-state index in [1.807, 2.05) is 0 Å². The summed E-state index contributed by atoms with van der Waals surface area (Å²) in [6.45, 7) is 4.78. The maximum atomic E-state index is 12.0. The van der Waals surface area contributed by atoms with Gasteiger partial charge >= 0.3 is 5.97 Å². The predicted octanol–water partition coefficient (Wildman–Crippen LogP) is 1.11. The largest absolute Gasteiger partial charge is 0.437 e. The summed E-state index contributed by atoms with van der Waals surface area (Å²) in [5, 5.41) is 0.428. The van der Waals surface area contributed by atoms with E-state index in [-0.39, 0.29) is 5.91 Å². The van der Waals surface area contributed by atoms with Crippen LogP contribution < -0.4 is 4.90 Å². The first-order valence-corrected chi connectivity index (χ1v) is 5.74. The van der Waals surface area contributed by atoms with Crippen molar-refractivity contribution in [1.29, 1.82) is 0 Å². The molecule has 0 saturated carbocycles. The van der Waals surface area contributed by atoms with E-state index in [2.05, 4.69) is 9.36 Å². The van der Waals surface area contributed by atoms with Crippen molar-refractivity contribution in [3.8, 4) is 0 Å². The normalized spacial score (nSPS) is 20.1. The van der Waals surface area contributed by atoms with Crippen molar-refractivity contribution in [1.82, 2.24) is 9.36 Å². The summed E-state index contributed by atoms with van der Waals surface area (Å²) in [6, 6.07) is 0. The summed E-state index contributed by atoms with van der Waals surface area (Å²) in [5.74, 6) is -0.642. The molecule has 1 unspecified atom stereocenters. The van der Waals surface area contributed by atoms with Gasteiger partial charge in [-0.3, -0.25) is 9.59 Å². The lowest BCUT2D eigenvalue weighted by molar-refractivity contribution is -0.144.